The van der Waals surface area contributed by atoms with Gasteiger partial charge in [0.15, 0.2) is 0 Å². The summed E-state index contributed by atoms with van der Waals surface area (Å²) in [5.41, 5.74) is 0.554. The fourth-order valence-corrected chi connectivity index (χ4v) is 2.51. The molecule has 7 nitrogen and oxygen atoms in total. The maximum atomic E-state index is 12.4. The topological polar surface area (TPSA) is 79.8 Å². The first-order valence-corrected chi connectivity index (χ1v) is 7.65. The van der Waals surface area contributed by atoms with Crippen molar-refractivity contribution < 1.29 is 19.1 Å². The molecule has 2 amide bonds. The zero-order valence-corrected chi connectivity index (χ0v) is 13.2. The van der Waals surface area contributed by atoms with Crippen molar-refractivity contribution in [1.82, 2.24) is 14.8 Å². The zero-order chi connectivity index (χ0) is 16.7. The first kappa shape index (κ1) is 16.9. The minimum absolute atomic E-state index is 0.0676. The van der Waals surface area contributed by atoms with E-state index in [1.54, 1.807) is 34.3 Å². The average Bonchev–Trinajstić information content (AvgIpc) is 2.85. The molecule has 0 saturated carbocycles. The predicted molar refractivity (Wildman–Crippen MR) is 82.6 cm³/mol. The van der Waals surface area contributed by atoms with Gasteiger partial charge in [0.2, 0.25) is 5.91 Å². The van der Waals surface area contributed by atoms with E-state index in [9.17, 15) is 14.4 Å². The second-order valence-electron chi connectivity index (χ2n) is 5.34. The van der Waals surface area contributed by atoms with Crippen LogP contribution in [0.25, 0.3) is 0 Å². The van der Waals surface area contributed by atoms with E-state index in [0.717, 1.165) is 6.42 Å². The van der Waals surface area contributed by atoms with Crippen LogP contribution in [0.2, 0.25) is 0 Å². The van der Waals surface area contributed by atoms with Crippen LogP contribution < -0.4 is 0 Å². The summed E-state index contributed by atoms with van der Waals surface area (Å²) in [6, 6.07) is 3.47. The Kier molecular flexibility index (Phi) is 6.08. The van der Waals surface area contributed by atoms with Gasteiger partial charge < -0.3 is 14.5 Å². The number of ether oxygens (including phenoxy) is 1. The van der Waals surface area contributed by atoms with Crippen molar-refractivity contribution in [3.63, 3.8) is 0 Å². The minimum Gasteiger partial charge on any atom is -0.469 e. The van der Waals surface area contributed by atoms with Gasteiger partial charge in [0, 0.05) is 45.0 Å². The number of esters is 1. The van der Waals surface area contributed by atoms with E-state index in [2.05, 4.69) is 9.72 Å². The molecule has 2 heterocycles. The molecule has 0 aromatic carbocycles. The first-order chi connectivity index (χ1) is 11.1. The minimum atomic E-state index is -0.387. The quantitative estimate of drug-likeness (QED) is 0.764. The Morgan fingerprint density at radius 3 is 2.57 bits per heavy atom. The number of hydrogen-bond acceptors (Lipinski definition) is 5. The van der Waals surface area contributed by atoms with Crippen LogP contribution in [0.1, 0.15) is 29.6 Å². The standard InChI is InChI=1S/C16H21N3O4/c1-23-15(21)6-5-14(20)18-8-3-9-19(11-10-18)16(22)13-4-2-7-17-12-13/h2,4,7,12H,3,5-6,8-11H2,1H3. The summed E-state index contributed by atoms with van der Waals surface area (Å²) in [7, 11) is 1.31. The van der Waals surface area contributed by atoms with Crippen LogP contribution in [0.4, 0.5) is 0 Å². The third-order valence-electron chi connectivity index (χ3n) is 3.81. The van der Waals surface area contributed by atoms with Gasteiger partial charge in [0.25, 0.3) is 5.91 Å². The summed E-state index contributed by atoms with van der Waals surface area (Å²) in [5.74, 6) is -0.533. The SMILES string of the molecule is COC(=O)CCC(=O)N1CCCN(C(=O)c2cccnc2)CC1. The maximum Gasteiger partial charge on any atom is 0.306 e. The van der Waals surface area contributed by atoms with Gasteiger partial charge in [-0.05, 0) is 18.6 Å². The van der Waals surface area contributed by atoms with Gasteiger partial charge in [-0.2, -0.15) is 0 Å². The van der Waals surface area contributed by atoms with Gasteiger partial charge in [-0.15, -0.1) is 0 Å². The highest BCUT2D eigenvalue weighted by atomic mass is 16.5. The van der Waals surface area contributed by atoms with Crippen molar-refractivity contribution >= 4 is 17.8 Å². The molecule has 0 spiro atoms. The number of aromatic nitrogens is 1. The largest absolute Gasteiger partial charge is 0.469 e. The maximum absolute atomic E-state index is 12.4. The molecule has 1 aliphatic rings. The van der Waals surface area contributed by atoms with Crippen LogP contribution in [0.5, 0.6) is 0 Å². The van der Waals surface area contributed by atoms with E-state index in [-0.39, 0.29) is 30.6 Å². The van der Waals surface area contributed by atoms with Crippen LogP contribution in [0, 0.1) is 0 Å². The smallest absolute Gasteiger partial charge is 0.306 e. The summed E-state index contributed by atoms with van der Waals surface area (Å²) in [6.07, 6.45) is 4.12. The second-order valence-corrected chi connectivity index (χ2v) is 5.34. The molecule has 124 valence electrons. The molecule has 0 N–H and O–H groups in total. The number of carbonyl (C=O) groups excluding carboxylic acids is 3. The highest BCUT2D eigenvalue weighted by Crippen LogP contribution is 2.10. The van der Waals surface area contributed by atoms with Crippen molar-refractivity contribution in [1.29, 1.82) is 0 Å². The number of amides is 2. The molecular weight excluding hydrogens is 298 g/mol. The van der Waals surface area contributed by atoms with E-state index in [1.807, 2.05) is 0 Å². The van der Waals surface area contributed by atoms with Gasteiger partial charge in [-0.1, -0.05) is 0 Å². The molecule has 1 saturated heterocycles. The van der Waals surface area contributed by atoms with E-state index in [0.29, 0.717) is 31.7 Å². The Morgan fingerprint density at radius 1 is 1.13 bits per heavy atom. The molecule has 23 heavy (non-hydrogen) atoms. The molecule has 1 aliphatic heterocycles. The van der Waals surface area contributed by atoms with Gasteiger partial charge in [0.05, 0.1) is 19.1 Å². The van der Waals surface area contributed by atoms with Gasteiger partial charge >= 0.3 is 5.97 Å². The molecular formula is C16H21N3O4. The number of pyridine rings is 1. The normalized spacial score (nSPS) is 15.0. The number of rotatable bonds is 4. The van der Waals surface area contributed by atoms with Crippen molar-refractivity contribution in [2.45, 2.75) is 19.3 Å². The lowest BCUT2D eigenvalue weighted by atomic mass is 10.2. The lowest BCUT2D eigenvalue weighted by Crippen LogP contribution is -2.37. The number of methoxy groups -OCH3 is 1. The lowest BCUT2D eigenvalue weighted by molar-refractivity contribution is -0.143. The molecule has 1 aromatic heterocycles. The average molecular weight is 319 g/mol. The Hall–Kier alpha value is -2.44. The van der Waals surface area contributed by atoms with E-state index < -0.39 is 0 Å². The third kappa shape index (κ3) is 4.77. The molecule has 0 atom stereocenters. The second kappa shape index (κ2) is 8.26. The fourth-order valence-electron chi connectivity index (χ4n) is 2.51. The van der Waals surface area contributed by atoms with Crippen LogP contribution in [0.15, 0.2) is 24.5 Å². The zero-order valence-electron chi connectivity index (χ0n) is 13.2. The highest BCUT2D eigenvalue weighted by Gasteiger charge is 2.23. The van der Waals surface area contributed by atoms with Crippen molar-refractivity contribution in [2.75, 3.05) is 33.3 Å². The van der Waals surface area contributed by atoms with E-state index >= 15 is 0 Å². The van der Waals surface area contributed by atoms with Crippen LogP contribution in [-0.4, -0.2) is 65.9 Å². The van der Waals surface area contributed by atoms with Crippen molar-refractivity contribution in [2.24, 2.45) is 0 Å². The van der Waals surface area contributed by atoms with Crippen molar-refractivity contribution in [3.8, 4) is 0 Å². The predicted octanol–water partition coefficient (Wildman–Crippen LogP) is 0.709. The van der Waals surface area contributed by atoms with E-state index in [1.165, 1.54) is 7.11 Å². The third-order valence-corrected chi connectivity index (χ3v) is 3.81. The van der Waals surface area contributed by atoms with Crippen LogP contribution in [-0.2, 0) is 14.3 Å². The number of nitrogens with zero attached hydrogens (tertiary/aromatic N) is 3. The molecule has 0 unspecified atom stereocenters. The van der Waals surface area contributed by atoms with Crippen LogP contribution >= 0.6 is 0 Å². The molecule has 0 radical (unpaired) electrons. The number of carbonyl (C=O) groups is 3. The Bertz CT molecular complexity index is 562. The monoisotopic (exact) mass is 319 g/mol. The van der Waals surface area contributed by atoms with E-state index in [4.69, 9.17) is 0 Å². The Labute approximate surface area is 135 Å². The number of hydrogen-bond donors (Lipinski definition) is 0. The molecule has 0 bridgehead atoms. The van der Waals surface area contributed by atoms with Gasteiger partial charge in [-0.25, -0.2) is 0 Å². The molecule has 2 rings (SSSR count). The summed E-state index contributed by atoms with van der Waals surface area (Å²) in [6.45, 7) is 2.16. The van der Waals surface area contributed by atoms with Crippen LogP contribution in [0.3, 0.4) is 0 Å². The summed E-state index contributed by atoms with van der Waals surface area (Å²) in [4.78, 5) is 43.0. The van der Waals surface area contributed by atoms with Gasteiger partial charge in [-0.3, -0.25) is 19.4 Å². The Balaban J connectivity index is 1.88. The molecule has 1 fully saturated rings. The molecule has 1 aromatic rings. The first-order valence-electron chi connectivity index (χ1n) is 7.65. The highest BCUT2D eigenvalue weighted by molar-refractivity contribution is 5.94. The lowest BCUT2D eigenvalue weighted by Gasteiger charge is -2.22. The molecule has 0 aliphatic carbocycles. The van der Waals surface area contributed by atoms with Crippen molar-refractivity contribution in [3.05, 3.63) is 30.1 Å². The Morgan fingerprint density at radius 2 is 1.87 bits per heavy atom. The molecule has 7 heteroatoms. The van der Waals surface area contributed by atoms with Gasteiger partial charge in [0.1, 0.15) is 0 Å². The fraction of sp³-hybridized carbons (Fsp3) is 0.500. The summed E-state index contributed by atoms with van der Waals surface area (Å²) >= 11 is 0. The summed E-state index contributed by atoms with van der Waals surface area (Å²) < 4.78 is 4.54. The summed E-state index contributed by atoms with van der Waals surface area (Å²) in [5, 5.41) is 0.